The molecule has 1 aromatic rings. The third kappa shape index (κ3) is 2.51. The van der Waals surface area contributed by atoms with Gasteiger partial charge >= 0.3 is 0 Å². The largest absolute Gasteiger partial charge is 0.391 e. The van der Waals surface area contributed by atoms with Crippen molar-refractivity contribution in [1.29, 1.82) is 0 Å². The Kier molecular flexibility index (Phi) is 3.75. The standard InChI is InChI=1S/C12H15Cl2NO/c13-9-4-8(5-10(14)6-9)11(15)12(16)7-2-1-3-7/h4-7,11-12,16H,1-3,15H2/t11-,12+/m1/s1. The van der Waals surface area contributed by atoms with Crippen LogP contribution in [0.2, 0.25) is 10.0 Å². The Hall–Kier alpha value is -0.280. The lowest BCUT2D eigenvalue weighted by Gasteiger charge is -2.33. The molecule has 0 bridgehead atoms. The van der Waals surface area contributed by atoms with Crippen LogP contribution in [0.25, 0.3) is 0 Å². The van der Waals surface area contributed by atoms with Crippen molar-refractivity contribution in [2.24, 2.45) is 11.7 Å². The minimum Gasteiger partial charge on any atom is -0.391 e. The molecule has 0 heterocycles. The fraction of sp³-hybridized carbons (Fsp3) is 0.500. The van der Waals surface area contributed by atoms with Gasteiger partial charge in [0.05, 0.1) is 12.1 Å². The molecule has 2 atom stereocenters. The molecule has 16 heavy (non-hydrogen) atoms. The van der Waals surface area contributed by atoms with Crippen LogP contribution < -0.4 is 5.73 Å². The molecule has 4 heteroatoms. The van der Waals surface area contributed by atoms with E-state index in [1.807, 2.05) is 0 Å². The first-order chi connectivity index (χ1) is 7.58. The van der Waals surface area contributed by atoms with E-state index in [4.69, 9.17) is 28.9 Å². The molecule has 3 N–H and O–H groups in total. The van der Waals surface area contributed by atoms with Gasteiger partial charge in [0.15, 0.2) is 0 Å². The Balaban J connectivity index is 2.15. The van der Waals surface area contributed by atoms with E-state index >= 15 is 0 Å². The molecule has 0 radical (unpaired) electrons. The van der Waals surface area contributed by atoms with E-state index in [9.17, 15) is 5.11 Å². The van der Waals surface area contributed by atoms with Crippen molar-refractivity contribution in [2.45, 2.75) is 31.4 Å². The number of halogens is 2. The topological polar surface area (TPSA) is 46.2 Å². The highest BCUT2D eigenvalue weighted by molar-refractivity contribution is 6.34. The van der Waals surface area contributed by atoms with Crippen molar-refractivity contribution >= 4 is 23.2 Å². The minimum absolute atomic E-state index is 0.327. The van der Waals surface area contributed by atoms with Crippen molar-refractivity contribution in [2.75, 3.05) is 0 Å². The fourth-order valence-electron chi connectivity index (χ4n) is 2.04. The maximum atomic E-state index is 10.1. The summed E-state index contributed by atoms with van der Waals surface area (Å²) >= 11 is 11.8. The average Bonchev–Trinajstić information content (AvgIpc) is 2.12. The van der Waals surface area contributed by atoms with Crippen LogP contribution in [0.5, 0.6) is 0 Å². The van der Waals surface area contributed by atoms with Crippen LogP contribution in [-0.2, 0) is 0 Å². The van der Waals surface area contributed by atoms with Gasteiger partial charge in [-0.3, -0.25) is 0 Å². The molecule has 0 saturated heterocycles. The highest BCUT2D eigenvalue weighted by Gasteiger charge is 2.30. The number of rotatable bonds is 3. The second-order valence-electron chi connectivity index (χ2n) is 4.41. The van der Waals surface area contributed by atoms with Crippen LogP contribution in [0.4, 0.5) is 0 Å². The molecule has 1 saturated carbocycles. The summed E-state index contributed by atoms with van der Waals surface area (Å²) in [5.41, 5.74) is 6.82. The van der Waals surface area contributed by atoms with Gasteiger partial charge in [-0.25, -0.2) is 0 Å². The maximum Gasteiger partial charge on any atom is 0.0760 e. The first kappa shape index (κ1) is 12.2. The van der Waals surface area contributed by atoms with Crippen molar-refractivity contribution < 1.29 is 5.11 Å². The Morgan fingerprint density at radius 2 is 1.75 bits per heavy atom. The zero-order valence-electron chi connectivity index (χ0n) is 8.87. The van der Waals surface area contributed by atoms with Gasteiger partial charge in [-0.1, -0.05) is 29.6 Å². The first-order valence-corrected chi connectivity index (χ1v) is 6.23. The lowest BCUT2D eigenvalue weighted by Crippen LogP contribution is -2.36. The van der Waals surface area contributed by atoms with E-state index in [0.717, 1.165) is 18.4 Å². The predicted octanol–water partition coefficient (Wildman–Crippen LogP) is 3.15. The summed E-state index contributed by atoms with van der Waals surface area (Å²) < 4.78 is 0. The van der Waals surface area contributed by atoms with E-state index < -0.39 is 12.1 Å². The Morgan fingerprint density at radius 1 is 1.19 bits per heavy atom. The molecule has 0 amide bonds. The molecule has 0 aliphatic heterocycles. The second kappa shape index (κ2) is 4.92. The average molecular weight is 260 g/mol. The molecule has 0 unspecified atom stereocenters. The summed E-state index contributed by atoms with van der Waals surface area (Å²) in [5, 5.41) is 11.2. The summed E-state index contributed by atoms with van der Waals surface area (Å²) in [5.74, 6) is 0.327. The minimum atomic E-state index is -0.497. The molecular weight excluding hydrogens is 245 g/mol. The van der Waals surface area contributed by atoms with Crippen molar-refractivity contribution in [3.63, 3.8) is 0 Å². The van der Waals surface area contributed by atoms with Crippen LogP contribution in [0.1, 0.15) is 30.9 Å². The summed E-state index contributed by atoms with van der Waals surface area (Å²) in [6, 6.07) is 4.79. The van der Waals surface area contributed by atoms with Crippen molar-refractivity contribution in [3.8, 4) is 0 Å². The van der Waals surface area contributed by atoms with Crippen molar-refractivity contribution in [1.82, 2.24) is 0 Å². The highest BCUT2D eigenvalue weighted by atomic mass is 35.5. The smallest absolute Gasteiger partial charge is 0.0760 e. The normalized spacial score (nSPS) is 20.2. The van der Waals surface area contributed by atoms with E-state index in [-0.39, 0.29) is 0 Å². The molecule has 0 spiro atoms. The SMILES string of the molecule is N[C@H](c1cc(Cl)cc(Cl)c1)[C@@H](O)C1CCC1. The number of hydrogen-bond acceptors (Lipinski definition) is 2. The van der Waals surface area contributed by atoms with Gasteiger partial charge in [0.1, 0.15) is 0 Å². The number of hydrogen-bond donors (Lipinski definition) is 2. The van der Waals surface area contributed by atoms with Gasteiger partial charge in [-0.2, -0.15) is 0 Å². The van der Waals surface area contributed by atoms with Gasteiger partial charge < -0.3 is 10.8 Å². The van der Waals surface area contributed by atoms with Gasteiger partial charge in [0, 0.05) is 10.0 Å². The van der Waals surface area contributed by atoms with E-state index in [2.05, 4.69) is 0 Å². The van der Waals surface area contributed by atoms with E-state index in [1.54, 1.807) is 18.2 Å². The molecule has 2 nitrogen and oxygen atoms in total. The quantitative estimate of drug-likeness (QED) is 0.876. The van der Waals surface area contributed by atoms with Crippen LogP contribution >= 0.6 is 23.2 Å². The number of benzene rings is 1. The molecular formula is C12H15Cl2NO. The number of nitrogens with two attached hydrogens (primary N) is 1. The van der Waals surface area contributed by atoms with Crippen LogP contribution in [0, 0.1) is 5.92 Å². The first-order valence-electron chi connectivity index (χ1n) is 5.47. The molecule has 1 fully saturated rings. The summed E-state index contributed by atoms with van der Waals surface area (Å²) in [4.78, 5) is 0. The lowest BCUT2D eigenvalue weighted by molar-refractivity contribution is 0.0414. The van der Waals surface area contributed by atoms with Crippen LogP contribution in [0.15, 0.2) is 18.2 Å². The lowest BCUT2D eigenvalue weighted by atomic mass is 9.77. The van der Waals surface area contributed by atoms with Gasteiger partial charge in [0.2, 0.25) is 0 Å². The third-order valence-corrected chi connectivity index (χ3v) is 3.71. The maximum absolute atomic E-state index is 10.1. The zero-order chi connectivity index (χ0) is 11.7. The third-order valence-electron chi connectivity index (χ3n) is 3.27. The molecule has 88 valence electrons. The summed E-state index contributed by atoms with van der Waals surface area (Å²) in [7, 11) is 0. The van der Waals surface area contributed by atoms with Crippen LogP contribution in [0.3, 0.4) is 0 Å². The molecule has 1 aromatic carbocycles. The Labute approximate surface area is 105 Å². The predicted molar refractivity (Wildman–Crippen MR) is 66.7 cm³/mol. The highest BCUT2D eigenvalue weighted by Crippen LogP contribution is 2.35. The van der Waals surface area contributed by atoms with E-state index in [0.29, 0.717) is 16.0 Å². The summed E-state index contributed by atoms with van der Waals surface area (Å²) in [6.07, 6.45) is 2.81. The van der Waals surface area contributed by atoms with Crippen molar-refractivity contribution in [3.05, 3.63) is 33.8 Å². The Morgan fingerprint density at radius 3 is 2.19 bits per heavy atom. The monoisotopic (exact) mass is 259 g/mol. The second-order valence-corrected chi connectivity index (χ2v) is 5.28. The van der Waals surface area contributed by atoms with Gasteiger partial charge in [-0.05, 0) is 42.5 Å². The van der Waals surface area contributed by atoms with E-state index in [1.165, 1.54) is 6.42 Å². The number of aliphatic hydroxyl groups excluding tert-OH is 1. The number of aliphatic hydroxyl groups is 1. The van der Waals surface area contributed by atoms with Gasteiger partial charge in [-0.15, -0.1) is 0 Å². The molecule has 0 aromatic heterocycles. The molecule has 2 rings (SSSR count). The molecule has 1 aliphatic rings. The zero-order valence-corrected chi connectivity index (χ0v) is 10.4. The summed E-state index contributed by atoms with van der Waals surface area (Å²) in [6.45, 7) is 0. The molecule has 1 aliphatic carbocycles. The fourth-order valence-corrected chi connectivity index (χ4v) is 2.58. The van der Waals surface area contributed by atoms with Gasteiger partial charge in [0.25, 0.3) is 0 Å². The van der Waals surface area contributed by atoms with Crippen LogP contribution in [-0.4, -0.2) is 11.2 Å². The Bertz CT molecular complexity index is 359.